The fraction of sp³-hybridized carbons (Fsp3) is 0.484. The van der Waals surface area contributed by atoms with Crippen LogP contribution in [-0.4, -0.2) is 28.6 Å². The minimum absolute atomic E-state index is 0.00318. The van der Waals surface area contributed by atoms with E-state index in [9.17, 15) is 19.2 Å². The van der Waals surface area contributed by atoms with Crippen molar-refractivity contribution in [1.29, 1.82) is 0 Å². The van der Waals surface area contributed by atoms with Crippen LogP contribution in [-0.2, 0) is 30.3 Å². The topological polar surface area (TPSA) is 97.7 Å². The van der Waals surface area contributed by atoms with Gasteiger partial charge in [-0.15, -0.1) is 0 Å². The first-order chi connectivity index (χ1) is 17.4. The van der Waals surface area contributed by atoms with Crippen LogP contribution < -0.4 is 0 Å². The molecular formula is C31H40O6. The van der Waals surface area contributed by atoms with Crippen LogP contribution in [0.1, 0.15) is 89.9 Å². The van der Waals surface area contributed by atoms with Crippen LogP contribution in [0.15, 0.2) is 60.7 Å². The summed E-state index contributed by atoms with van der Waals surface area (Å²) in [6, 6.07) is 19.5. The summed E-state index contributed by atoms with van der Waals surface area (Å²) in [4.78, 5) is 48.8. The normalized spacial score (nSPS) is 12.5. The maximum absolute atomic E-state index is 13.1. The largest absolute Gasteiger partial charge is 0.481 e. The van der Waals surface area contributed by atoms with Crippen molar-refractivity contribution in [2.24, 2.45) is 10.8 Å². The molecule has 2 rings (SSSR count). The molecule has 0 spiro atoms. The SMILES string of the molecule is CC(C)(CCC(=O)CCCC(=O)CCC(C)(C)C(=O)OC(Cc1ccccc1)c1ccccc1)C(=O)O. The van der Waals surface area contributed by atoms with E-state index in [2.05, 4.69) is 0 Å². The zero-order valence-electron chi connectivity index (χ0n) is 22.5. The Balaban J connectivity index is 1.83. The number of ketones is 2. The van der Waals surface area contributed by atoms with E-state index in [4.69, 9.17) is 9.84 Å². The van der Waals surface area contributed by atoms with Crippen molar-refractivity contribution in [2.75, 3.05) is 0 Å². The Bertz CT molecular complexity index is 1040. The molecule has 6 heteroatoms. The smallest absolute Gasteiger partial charge is 0.312 e. The van der Waals surface area contributed by atoms with Crippen molar-refractivity contribution in [3.63, 3.8) is 0 Å². The Morgan fingerprint density at radius 2 is 1.22 bits per heavy atom. The molecule has 37 heavy (non-hydrogen) atoms. The highest BCUT2D eigenvalue weighted by Crippen LogP contribution is 2.30. The molecule has 0 aliphatic rings. The van der Waals surface area contributed by atoms with Gasteiger partial charge in [0.25, 0.3) is 0 Å². The lowest BCUT2D eigenvalue weighted by Crippen LogP contribution is -2.29. The van der Waals surface area contributed by atoms with E-state index in [-0.39, 0.29) is 49.6 Å². The number of hydrogen-bond donors (Lipinski definition) is 1. The first-order valence-corrected chi connectivity index (χ1v) is 13.0. The second-order valence-corrected chi connectivity index (χ2v) is 11.0. The van der Waals surface area contributed by atoms with Crippen LogP contribution in [0.25, 0.3) is 0 Å². The third kappa shape index (κ3) is 10.3. The number of carbonyl (C=O) groups is 4. The Hall–Kier alpha value is -3.28. The number of aliphatic carboxylic acids is 1. The first kappa shape index (κ1) is 29.9. The summed E-state index contributed by atoms with van der Waals surface area (Å²) in [6.07, 6.45) is 2.15. The van der Waals surface area contributed by atoms with Crippen LogP contribution in [0.3, 0.4) is 0 Å². The van der Waals surface area contributed by atoms with Crippen molar-refractivity contribution in [3.05, 3.63) is 71.8 Å². The maximum atomic E-state index is 13.1. The molecule has 1 N–H and O–H groups in total. The van der Waals surface area contributed by atoms with Crippen molar-refractivity contribution in [3.8, 4) is 0 Å². The molecule has 0 aliphatic carbocycles. The third-order valence-electron chi connectivity index (χ3n) is 6.79. The van der Waals surface area contributed by atoms with Crippen LogP contribution in [0.5, 0.6) is 0 Å². The van der Waals surface area contributed by atoms with E-state index in [1.165, 1.54) is 0 Å². The highest BCUT2D eigenvalue weighted by Gasteiger charge is 2.32. The zero-order valence-corrected chi connectivity index (χ0v) is 22.5. The van der Waals surface area contributed by atoms with Crippen LogP contribution in [0.2, 0.25) is 0 Å². The number of benzene rings is 2. The summed E-state index contributed by atoms with van der Waals surface area (Å²) in [5.41, 5.74) is 0.213. The van der Waals surface area contributed by atoms with E-state index >= 15 is 0 Å². The van der Waals surface area contributed by atoms with Crippen molar-refractivity contribution in [2.45, 2.75) is 85.2 Å². The van der Waals surface area contributed by atoms with Gasteiger partial charge in [-0.25, -0.2) is 0 Å². The summed E-state index contributed by atoms with van der Waals surface area (Å²) < 4.78 is 5.98. The molecule has 0 heterocycles. The van der Waals surface area contributed by atoms with Gasteiger partial charge >= 0.3 is 11.9 Å². The second-order valence-electron chi connectivity index (χ2n) is 11.0. The lowest BCUT2D eigenvalue weighted by Gasteiger charge is -2.27. The van der Waals surface area contributed by atoms with Gasteiger partial charge in [-0.2, -0.15) is 0 Å². The molecule has 0 aromatic heterocycles. The minimum atomic E-state index is -0.938. The summed E-state index contributed by atoms with van der Waals surface area (Å²) in [7, 11) is 0. The molecule has 0 radical (unpaired) electrons. The fourth-order valence-corrected chi connectivity index (χ4v) is 3.86. The predicted octanol–water partition coefficient (Wildman–Crippen LogP) is 6.52. The van der Waals surface area contributed by atoms with E-state index < -0.39 is 22.9 Å². The van der Waals surface area contributed by atoms with Gasteiger partial charge in [0.05, 0.1) is 10.8 Å². The van der Waals surface area contributed by atoms with E-state index in [1.54, 1.807) is 27.7 Å². The maximum Gasteiger partial charge on any atom is 0.312 e. The molecule has 0 saturated carbocycles. The standard InChI is InChI=1S/C31H40O6/c1-30(2,28(34)35)20-18-25(32)16-11-17-26(33)19-21-31(3,4)29(36)37-27(24-14-9-6-10-15-24)22-23-12-7-5-8-13-23/h5-10,12-15,27H,11,16-22H2,1-4H3,(H,34,35). The van der Waals surface area contributed by atoms with Crippen molar-refractivity contribution in [1.82, 2.24) is 0 Å². The lowest BCUT2D eigenvalue weighted by atomic mass is 9.85. The first-order valence-electron chi connectivity index (χ1n) is 13.0. The molecule has 200 valence electrons. The van der Waals surface area contributed by atoms with Gasteiger partial charge in [0.15, 0.2) is 0 Å². The van der Waals surface area contributed by atoms with Crippen molar-refractivity contribution >= 4 is 23.5 Å². The van der Waals surface area contributed by atoms with Gasteiger partial charge in [0.1, 0.15) is 17.7 Å². The van der Waals surface area contributed by atoms with Crippen LogP contribution in [0.4, 0.5) is 0 Å². The number of carboxylic acid groups (broad SMARTS) is 1. The summed E-state index contributed by atoms with van der Waals surface area (Å²) in [5, 5.41) is 9.15. The highest BCUT2D eigenvalue weighted by molar-refractivity contribution is 5.83. The van der Waals surface area contributed by atoms with Gasteiger partial charge in [0, 0.05) is 32.1 Å². The zero-order chi connectivity index (χ0) is 27.5. The molecule has 2 aromatic carbocycles. The van der Waals surface area contributed by atoms with Crippen LogP contribution >= 0.6 is 0 Å². The number of esters is 1. The minimum Gasteiger partial charge on any atom is -0.481 e. The monoisotopic (exact) mass is 508 g/mol. The Morgan fingerprint density at radius 3 is 1.73 bits per heavy atom. The molecule has 0 fully saturated rings. The molecule has 0 amide bonds. The molecule has 1 atom stereocenters. The molecule has 1 unspecified atom stereocenters. The molecule has 0 bridgehead atoms. The number of Topliss-reactive ketones (excluding diaryl/α,β-unsaturated/α-hetero) is 2. The summed E-state index contributed by atoms with van der Waals surface area (Å²) >= 11 is 0. The number of ether oxygens (including phenoxy) is 1. The third-order valence-corrected chi connectivity index (χ3v) is 6.79. The van der Waals surface area contributed by atoms with Gasteiger partial charge in [-0.05, 0) is 58.1 Å². The molecule has 0 aliphatic heterocycles. The van der Waals surface area contributed by atoms with E-state index in [0.29, 0.717) is 19.3 Å². The fourth-order valence-electron chi connectivity index (χ4n) is 3.86. The quantitative estimate of drug-likeness (QED) is 0.259. The van der Waals surface area contributed by atoms with Gasteiger partial charge in [-0.3, -0.25) is 19.2 Å². The predicted molar refractivity (Wildman–Crippen MR) is 143 cm³/mol. The number of carboxylic acids is 1. The van der Waals surface area contributed by atoms with E-state index in [0.717, 1.165) is 11.1 Å². The Kier molecular flexibility index (Phi) is 11.2. The van der Waals surface area contributed by atoms with E-state index in [1.807, 2.05) is 60.7 Å². The highest BCUT2D eigenvalue weighted by atomic mass is 16.5. The number of rotatable bonds is 16. The molecular weight excluding hydrogens is 468 g/mol. The summed E-state index contributed by atoms with van der Waals surface area (Å²) in [6.45, 7) is 6.78. The molecule has 6 nitrogen and oxygen atoms in total. The molecule has 0 saturated heterocycles. The number of hydrogen-bond acceptors (Lipinski definition) is 5. The van der Waals surface area contributed by atoms with Crippen LogP contribution in [0, 0.1) is 10.8 Å². The Morgan fingerprint density at radius 1 is 0.730 bits per heavy atom. The van der Waals surface area contributed by atoms with Gasteiger partial charge in [-0.1, -0.05) is 60.7 Å². The number of carbonyl (C=O) groups excluding carboxylic acids is 3. The average Bonchev–Trinajstić information content (AvgIpc) is 2.87. The lowest BCUT2D eigenvalue weighted by molar-refractivity contribution is -0.160. The summed E-state index contributed by atoms with van der Waals surface area (Å²) in [5.74, 6) is -1.30. The average molecular weight is 509 g/mol. The van der Waals surface area contributed by atoms with Gasteiger partial charge in [0.2, 0.25) is 0 Å². The van der Waals surface area contributed by atoms with Crippen molar-refractivity contribution < 1.29 is 29.0 Å². The Labute approximate surface area is 220 Å². The van der Waals surface area contributed by atoms with Gasteiger partial charge < -0.3 is 9.84 Å². The molecule has 2 aromatic rings. The second kappa shape index (κ2) is 13.9.